The lowest BCUT2D eigenvalue weighted by molar-refractivity contribution is 0.202. The molecule has 5 heteroatoms. The SMILES string of the molecule is COCCN(c1cc(C)nc(C)c1C(N)=S)C(C)C1CC1. The standard InChI is InChI=1S/C16H25N3OS/c1-10-9-14(15(16(17)21)11(2)18-10)19(7-8-20-4)12(3)13-5-6-13/h9,12-13H,5-8H2,1-4H3,(H2,17,21). The molecule has 1 aromatic heterocycles. The highest BCUT2D eigenvalue weighted by Gasteiger charge is 2.33. The maximum absolute atomic E-state index is 5.96. The Balaban J connectivity index is 2.44. The molecular weight excluding hydrogens is 282 g/mol. The van der Waals surface area contributed by atoms with Crippen LogP contribution in [0.25, 0.3) is 0 Å². The summed E-state index contributed by atoms with van der Waals surface area (Å²) in [6.45, 7) is 7.79. The van der Waals surface area contributed by atoms with E-state index >= 15 is 0 Å². The van der Waals surface area contributed by atoms with Gasteiger partial charge in [-0.1, -0.05) is 12.2 Å². The fourth-order valence-corrected chi connectivity index (χ4v) is 3.16. The number of nitrogens with two attached hydrogens (primary N) is 1. The number of ether oxygens (including phenoxy) is 1. The van der Waals surface area contributed by atoms with Gasteiger partial charge in [0.15, 0.2) is 0 Å². The van der Waals surface area contributed by atoms with Crippen molar-refractivity contribution in [3.63, 3.8) is 0 Å². The first-order valence-electron chi connectivity index (χ1n) is 7.49. The largest absolute Gasteiger partial charge is 0.389 e. The smallest absolute Gasteiger partial charge is 0.107 e. The molecule has 0 aliphatic heterocycles. The molecule has 1 aliphatic carbocycles. The van der Waals surface area contributed by atoms with Gasteiger partial charge in [0.05, 0.1) is 17.9 Å². The van der Waals surface area contributed by atoms with Crippen LogP contribution in [0, 0.1) is 19.8 Å². The Kier molecular flexibility index (Phi) is 5.17. The van der Waals surface area contributed by atoms with Gasteiger partial charge >= 0.3 is 0 Å². The predicted molar refractivity (Wildman–Crippen MR) is 91.0 cm³/mol. The van der Waals surface area contributed by atoms with Crippen molar-refractivity contribution in [2.45, 2.75) is 39.7 Å². The molecule has 4 nitrogen and oxygen atoms in total. The molecule has 0 aromatic carbocycles. The van der Waals surface area contributed by atoms with E-state index in [-0.39, 0.29) is 0 Å². The van der Waals surface area contributed by atoms with Gasteiger partial charge in [0.1, 0.15) is 4.99 Å². The maximum atomic E-state index is 5.96. The minimum absolute atomic E-state index is 0.417. The van der Waals surface area contributed by atoms with E-state index in [0.717, 1.165) is 35.1 Å². The van der Waals surface area contributed by atoms with E-state index in [0.29, 0.717) is 17.6 Å². The number of methoxy groups -OCH3 is 1. The quantitative estimate of drug-likeness (QED) is 0.785. The number of thiocarbonyl (C=S) groups is 1. The van der Waals surface area contributed by atoms with Crippen LogP contribution in [0.4, 0.5) is 5.69 Å². The molecule has 1 saturated carbocycles. The molecule has 1 heterocycles. The highest BCUT2D eigenvalue weighted by molar-refractivity contribution is 7.80. The highest BCUT2D eigenvalue weighted by Crippen LogP contribution is 2.38. The zero-order valence-corrected chi connectivity index (χ0v) is 14.2. The van der Waals surface area contributed by atoms with Crippen LogP contribution in [0.5, 0.6) is 0 Å². The first-order chi connectivity index (χ1) is 9.95. The third kappa shape index (κ3) is 3.71. The van der Waals surface area contributed by atoms with Gasteiger partial charge in [0.25, 0.3) is 0 Å². The van der Waals surface area contributed by atoms with Gasteiger partial charge < -0.3 is 15.4 Å². The molecule has 116 valence electrons. The maximum Gasteiger partial charge on any atom is 0.107 e. The van der Waals surface area contributed by atoms with Gasteiger partial charge in [-0.15, -0.1) is 0 Å². The van der Waals surface area contributed by atoms with E-state index in [1.807, 2.05) is 13.8 Å². The normalized spacial score (nSPS) is 15.8. The topological polar surface area (TPSA) is 51.4 Å². The van der Waals surface area contributed by atoms with Crippen molar-refractivity contribution >= 4 is 22.9 Å². The Morgan fingerprint density at radius 1 is 1.52 bits per heavy atom. The summed E-state index contributed by atoms with van der Waals surface area (Å²) < 4.78 is 5.28. The molecule has 0 bridgehead atoms. The molecule has 2 N–H and O–H groups in total. The summed E-state index contributed by atoms with van der Waals surface area (Å²) in [5.41, 5.74) is 9.86. The van der Waals surface area contributed by atoms with Crippen LogP contribution in [0.1, 0.15) is 36.7 Å². The number of hydrogen-bond donors (Lipinski definition) is 1. The Morgan fingerprint density at radius 3 is 2.71 bits per heavy atom. The molecule has 2 rings (SSSR count). The number of aryl methyl sites for hydroxylation is 2. The van der Waals surface area contributed by atoms with Crippen molar-refractivity contribution in [1.82, 2.24) is 4.98 Å². The van der Waals surface area contributed by atoms with Gasteiger partial charge in [-0.2, -0.15) is 0 Å². The van der Waals surface area contributed by atoms with Gasteiger partial charge in [-0.05, 0) is 45.6 Å². The molecule has 1 aromatic rings. The van der Waals surface area contributed by atoms with Crippen LogP contribution in [0.2, 0.25) is 0 Å². The van der Waals surface area contributed by atoms with E-state index < -0.39 is 0 Å². The minimum atomic E-state index is 0.417. The Labute approximate surface area is 132 Å². The minimum Gasteiger partial charge on any atom is -0.389 e. The van der Waals surface area contributed by atoms with Crippen molar-refractivity contribution in [3.05, 3.63) is 23.0 Å². The zero-order valence-electron chi connectivity index (χ0n) is 13.3. The van der Waals surface area contributed by atoms with Gasteiger partial charge in [0, 0.05) is 31.1 Å². The van der Waals surface area contributed by atoms with Crippen molar-refractivity contribution in [2.75, 3.05) is 25.2 Å². The Morgan fingerprint density at radius 2 is 2.19 bits per heavy atom. The fourth-order valence-electron chi connectivity index (χ4n) is 2.91. The number of hydrogen-bond acceptors (Lipinski definition) is 4. The summed E-state index contributed by atoms with van der Waals surface area (Å²) in [4.78, 5) is 7.32. The Hall–Kier alpha value is -1.20. The van der Waals surface area contributed by atoms with E-state index in [9.17, 15) is 0 Å². The monoisotopic (exact) mass is 307 g/mol. The molecule has 0 saturated heterocycles. The van der Waals surface area contributed by atoms with Crippen LogP contribution in [-0.4, -0.2) is 36.3 Å². The zero-order chi connectivity index (χ0) is 15.6. The van der Waals surface area contributed by atoms with Crippen LogP contribution >= 0.6 is 12.2 Å². The molecule has 0 spiro atoms. The number of nitrogens with zero attached hydrogens (tertiary/aromatic N) is 2. The van der Waals surface area contributed by atoms with Crippen LogP contribution < -0.4 is 10.6 Å². The molecule has 1 aliphatic rings. The fraction of sp³-hybridized carbons (Fsp3) is 0.625. The predicted octanol–water partition coefficient (Wildman–Crippen LogP) is 2.58. The lowest BCUT2D eigenvalue weighted by Crippen LogP contribution is -2.39. The van der Waals surface area contributed by atoms with E-state index in [1.165, 1.54) is 12.8 Å². The average Bonchev–Trinajstić information content (AvgIpc) is 3.21. The molecule has 21 heavy (non-hydrogen) atoms. The van der Waals surface area contributed by atoms with Crippen molar-refractivity contribution in [3.8, 4) is 0 Å². The average molecular weight is 307 g/mol. The van der Waals surface area contributed by atoms with Crippen molar-refractivity contribution in [1.29, 1.82) is 0 Å². The second-order valence-corrected chi connectivity index (χ2v) is 6.31. The van der Waals surface area contributed by atoms with Crippen LogP contribution in [-0.2, 0) is 4.74 Å². The summed E-state index contributed by atoms with van der Waals surface area (Å²) in [5, 5.41) is 0. The molecule has 1 fully saturated rings. The molecule has 0 radical (unpaired) electrons. The van der Waals surface area contributed by atoms with Crippen LogP contribution in [0.15, 0.2) is 6.07 Å². The second-order valence-electron chi connectivity index (χ2n) is 5.87. The first-order valence-corrected chi connectivity index (χ1v) is 7.90. The summed E-state index contributed by atoms with van der Waals surface area (Å²) >= 11 is 5.26. The van der Waals surface area contributed by atoms with Gasteiger partial charge in [0.2, 0.25) is 0 Å². The first kappa shape index (κ1) is 16.2. The van der Waals surface area contributed by atoms with Gasteiger partial charge in [-0.3, -0.25) is 4.98 Å². The van der Waals surface area contributed by atoms with E-state index in [1.54, 1.807) is 7.11 Å². The highest BCUT2D eigenvalue weighted by atomic mass is 32.1. The Bertz CT molecular complexity index is 528. The summed E-state index contributed by atoms with van der Waals surface area (Å²) in [6, 6.07) is 2.56. The van der Waals surface area contributed by atoms with E-state index in [4.69, 9.17) is 22.7 Å². The second kappa shape index (κ2) is 6.71. The third-order valence-electron chi connectivity index (χ3n) is 4.20. The lowest BCUT2D eigenvalue weighted by Gasteiger charge is -2.33. The number of anilines is 1. The third-order valence-corrected chi connectivity index (χ3v) is 4.40. The number of rotatable bonds is 7. The van der Waals surface area contributed by atoms with Gasteiger partial charge in [-0.25, -0.2) is 0 Å². The summed E-state index contributed by atoms with van der Waals surface area (Å²) in [5.74, 6) is 0.759. The van der Waals surface area contributed by atoms with Crippen LogP contribution in [0.3, 0.4) is 0 Å². The molecule has 1 unspecified atom stereocenters. The summed E-state index contributed by atoms with van der Waals surface area (Å²) in [7, 11) is 1.73. The van der Waals surface area contributed by atoms with E-state index in [2.05, 4.69) is 22.9 Å². The van der Waals surface area contributed by atoms with Crippen molar-refractivity contribution in [2.24, 2.45) is 11.7 Å². The molecular formula is C16H25N3OS. The van der Waals surface area contributed by atoms with Crippen molar-refractivity contribution < 1.29 is 4.74 Å². The molecule has 0 amide bonds. The number of pyridine rings is 1. The lowest BCUT2D eigenvalue weighted by atomic mass is 10.1. The summed E-state index contributed by atoms with van der Waals surface area (Å²) in [6.07, 6.45) is 2.60. The number of aromatic nitrogens is 1. The molecule has 1 atom stereocenters.